The molecule has 1 unspecified atom stereocenters. The SMILES string of the molecule is Cc1nc(C)c(C(=O)CCCC(C)c2ncc(C(=O)Nc3cc(C(F)(F)F)c(Cl)cn3)s2)s1. The first kappa shape index (κ1) is 25.3. The van der Waals surface area contributed by atoms with Crippen LogP contribution in [0.25, 0.3) is 0 Å². The Kier molecular flexibility index (Phi) is 7.86. The maximum absolute atomic E-state index is 13.0. The smallest absolute Gasteiger partial charge is 0.306 e. The van der Waals surface area contributed by atoms with Crippen LogP contribution in [0.1, 0.15) is 72.7 Å². The fourth-order valence-corrected chi connectivity index (χ4v) is 5.12. The summed E-state index contributed by atoms with van der Waals surface area (Å²) in [5, 5.41) is 3.37. The van der Waals surface area contributed by atoms with E-state index in [4.69, 9.17) is 11.6 Å². The zero-order chi connectivity index (χ0) is 24.3. The molecule has 33 heavy (non-hydrogen) atoms. The van der Waals surface area contributed by atoms with Gasteiger partial charge >= 0.3 is 6.18 Å². The molecule has 0 bridgehead atoms. The van der Waals surface area contributed by atoms with E-state index >= 15 is 0 Å². The molecule has 0 fully saturated rings. The molecule has 176 valence electrons. The first-order valence-corrected chi connectivity index (χ1v) is 11.9. The van der Waals surface area contributed by atoms with Crippen molar-refractivity contribution >= 4 is 51.8 Å². The van der Waals surface area contributed by atoms with Gasteiger partial charge in [0.15, 0.2) is 5.78 Å². The lowest BCUT2D eigenvalue weighted by molar-refractivity contribution is -0.137. The molecule has 0 saturated heterocycles. The minimum atomic E-state index is -4.66. The van der Waals surface area contributed by atoms with Crippen molar-refractivity contribution in [2.75, 3.05) is 5.32 Å². The number of amides is 1. The Morgan fingerprint density at radius 3 is 2.55 bits per heavy atom. The van der Waals surface area contributed by atoms with Gasteiger partial charge in [-0.2, -0.15) is 13.2 Å². The molecule has 3 rings (SSSR count). The maximum atomic E-state index is 13.0. The van der Waals surface area contributed by atoms with Crippen LogP contribution >= 0.6 is 34.3 Å². The quantitative estimate of drug-likeness (QED) is 0.337. The number of alkyl halides is 3. The number of thiazole rings is 2. The molecule has 1 N–H and O–H groups in total. The highest BCUT2D eigenvalue weighted by atomic mass is 35.5. The number of anilines is 1. The van der Waals surface area contributed by atoms with Gasteiger partial charge in [0.1, 0.15) is 10.7 Å². The van der Waals surface area contributed by atoms with Crippen molar-refractivity contribution in [1.29, 1.82) is 0 Å². The normalized spacial score (nSPS) is 12.6. The van der Waals surface area contributed by atoms with E-state index in [0.29, 0.717) is 35.2 Å². The third-order valence-corrected chi connectivity index (χ3v) is 7.41. The minimum Gasteiger partial charge on any atom is -0.306 e. The number of nitrogens with zero attached hydrogens (tertiary/aromatic N) is 3. The Labute approximate surface area is 201 Å². The van der Waals surface area contributed by atoms with Gasteiger partial charge in [-0.05, 0) is 32.8 Å². The monoisotopic (exact) mass is 516 g/mol. The number of halogens is 4. The van der Waals surface area contributed by atoms with Gasteiger partial charge in [-0.15, -0.1) is 22.7 Å². The van der Waals surface area contributed by atoms with Crippen LogP contribution in [-0.4, -0.2) is 26.6 Å². The van der Waals surface area contributed by atoms with E-state index < -0.39 is 22.7 Å². The Balaban J connectivity index is 1.57. The van der Waals surface area contributed by atoms with Crippen LogP contribution in [0.5, 0.6) is 0 Å². The van der Waals surface area contributed by atoms with Gasteiger partial charge in [-0.25, -0.2) is 15.0 Å². The number of ketones is 1. The minimum absolute atomic E-state index is 0.0131. The summed E-state index contributed by atoms with van der Waals surface area (Å²) in [5.41, 5.74) is -0.324. The van der Waals surface area contributed by atoms with Crippen molar-refractivity contribution in [3.8, 4) is 0 Å². The molecule has 0 aliphatic carbocycles. The van der Waals surface area contributed by atoms with E-state index in [1.54, 1.807) is 0 Å². The number of rotatable bonds is 8. The number of hydrogen-bond donors (Lipinski definition) is 1. The summed E-state index contributed by atoms with van der Waals surface area (Å²) in [4.78, 5) is 38.1. The van der Waals surface area contributed by atoms with Crippen molar-refractivity contribution in [2.24, 2.45) is 0 Å². The Morgan fingerprint density at radius 1 is 1.18 bits per heavy atom. The van der Waals surface area contributed by atoms with Crippen molar-refractivity contribution in [1.82, 2.24) is 15.0 Å². The van der Waals surface area contributed by atoms with E-state index in [9.17, 15) is 22.8 Å². The molecule has 6 nitrogen and oxygen atoms in total. The number of hydrogen-bond acceptors (Lipinski definition) is 7. The second-order valence-corrected chi connectivity index (χ2v) is 10.1. The molecule has 3 aromatic rings. The van der Waals surface area contributed by atoms with Gasteiger partial charge in [0.25, 0.3) is 5.91 Å². The molecule has 0 aromatic carbocycles. The van der Waals surface area contributed by atoms with E-state index in [-0.39, 0.29) is 22.4 Å². The summed E-state index contributed by atoms with van der Waals surface area (Å²) in [6.07, 6.45) is -0.685. The van der Waals surface area contributed by atoms with Crippen molar-refractivity contribution < 1.29 is 22.8 Å². The molecule has 0 radical (unpaired) electrons. The molecule has 1 amide bonds. The Hall–Kier alpha value is -2.37. The van der Waals surface area contributed by atoms with Crippen LogP contribution in [0, 0.1) is 13.8 Å². The van der Waals surface area contributed by atoms with E-state index in [1.807, 2.05) is 20.8 Å². The third kappa shape index (κ3) is 6.36. The molecule has 0 saturated carbocycles. The van der Waals surface area contributed by atoms with Crippen LogP contribution in [-0.2, 0) is 6.18 Å². The maximum Gasteiger partial charge on any atom is 0.418 e. The summed E-state index contributed by atoms with van der Waals surface area (Å²) in [7, 11) is 0. The average Bonchev–Trinajstić information content (AvgIpc) is 3.35. The number of aromatic nitrogens is 3. The molecule has 3 aromatic heterocycles. The fourth-order valence-electron chi connectivity index (χ4n) is 3.12. The Bertz CT molecular complexity index is 1180. The van der Waals surface area contributed by atoms with Gasteiger partial charge in [-0.1, -0.05) is 18.5 Å². The van der Waals surface area contributed by atoms with E-state index in [1.165, 1.54) is 17.5 Å². The molecule has 0 aliphatic heterocycles. The summed E-state index contributed by atoms with van der Waals surface area (Å²) in [5.74, 6) is -0.788. The second-order valence-electron chi connectivity index (χ2n) is 7.43. The van der Waals surface area contributed by atoms with E-state index in [0.717, 1.165) is 28.2 Å². The molecule has 3 heterocycles. The Morgan fingerprint density at radius 2 is 1.91 bits per heavy atom. The van der Waals surface area contributed by atoms with Gasteiger partial charge in [-0.3, -0.25) is 9.59 Å². The lowest BCUT2D eigenvalue weighted by Crippen LogP contribution is -2.13. The average molecular weight is 517 g/mol. The predicted molar refractivity (Wildman–Crippen MR) is 123 cm³/mol. The highest BCUT2D eigenvalue weighted by Gasteiger charge is 2.34. The van der Waals surface area contributed by atoms with Gasteiger partial charge in [0.2, 0.25) is 0 Å². The zero-order valence-electron chi connectivity index (χ0n) is 17.9. The first-order chi connectivity index (χ1) is 15.5. The molecule has 12 heteroatoms. The summed E-state index contributed by atoms with van der Waals surface area (Å²) < 4.78 is 39.0. The molecule has 0 spiro atoms. The van der Waals surface area contributed by atoms with Crippen LogP contribution in [0.2, 0.25) is 5.02 Å². The number of carbonyl (C=O) groups is 2. The second kappa shape index (κ2) is 10.3. The number of nitrogens with one attached hydrogen (secondary N) is 1. The number of aryl methyl sites for hydroxylation is 2. The highest BCUT2D eigenvalue weighted by Crippen LogP contribution is 2.35. The number of pyridine rings is 1. The topological polar surface area (TPSA) is 84.8 Å². The van der Waals surface area contributed by atoms with E-state index in [2.05, 4.69) is 20.3 Å². The molecular formula is C21H20ClF3N4O2S2. The highest BCUT2D eigenvalue weighted by molar-refractivity contribution is 7.14. The molecule has 0 aliphatic rings. The van der Waals surface area contributed by atoms with Crippen molar-refractivity contribution in [2.45, 2.75) is 52.1 Å². The zero-order valence-corrected chi connectivity index (χ0v) is 20.3. The number of carbonyl (C=O) groups excluding carboxylic acids is 2. The number of Topliss-reactive ketones (excluding diaryl/α,β-unsaturated/α-hetero) is 1. The van der Waals surface area contributed by atoms with Crippen molar-refractivity contribution in [3.05, 3.63) is 54.5 Å². The molecular weight excluding hydrogens is 497 g/mol. The fraction of sp³-hybridized carbons (Fsp3) is 0.381. The predicted octanol–water partition coefficient (Wildman–Crippen LogP) is 6.69. The molecule has 1 atom stereocenters. The van der Waals surface area contributed by atoms with Gasteiger partial charge in [0.05, 0.1) is 37.4 Å². The lowest BCUT2D eigenvalue weighted by Gasteiger charge is -2.10. The van der Waals surface area contributed by atoms with Crippen LogP contribution in [0.15, 0.2) is 18.5 Å². The third-order valence-electron chi connectivity index (χ3n) is 4.77. The first-order valence-electron chi connectivity index (χ1n) is 9.92. The standard InChI is InChI=1S/C21H20ClF3N4O2S2/c1-10(5-4-6-15(30)18-11(2)28-12(3)32-18)20-27-9-16(33-20)19(31)29-17-7-13(21(23,24)25)14(22)8-26-17/h7-10H,4-6H2,1-3H3,(H,26,29,31). The summed E-state index contributed by atoms with van der Waals surface area (Å²) >= 11 is 8.10. The van der Waals surface area contributed by atoms with Crippen LogP contribution in [0.3, 0.4) is 0 Å². The van der Waals surface area contributed by atoms with Crippen LogP contribution in [0.4, 0.5) is 19.0 Å². The largest absolute Gasteiger partial charge is 0.418 e. The van der Waals surface area contributed by atoms with Crippen LogP contribution < -0.4 is 5.32 Å². The summed E-state index contributed by atoms with van der Waals surface area (Å²) in [6.45, 7) is 5.64. The van der Waals surface area contributed by atoms with Gasteiger partial charge < -0.3 is 5.32 Å². The van der Waals surface area contributed by atoms with Gasteiger partial charge in [0, 0.05) is 18.5 Å². The summed E-state index contributed by atoms with van der Waals surface area (Å²) in [6, 6.07) is 0.689. The van der Waals surface area contributed by atoms with Crippen molar-refractivity contribution in [3.63, 3.8) is 0 Å². The lowest BCUT2D eigenvalue weighted by atomic mass is 10.0.